The maximum absolute atomic E-state index is 11.4. The van der Waals surface area contributed by atoms with Crippen LogP contribution in [0.15, 0.2) is 53.5 Å². The third-order valence-electron chi connectivity index (χ3n) is 3.25. The quantitative estimate of drug-likeness (QED) is 0.779. The zero-order chi connectivity index (χ0) is 14.8. The first-order valence-electron chi connectivity index (χ1n) is 6.45. The minimum Gasteiger partial charge on any atom is -0.465 e. The first kappa shape index (κ1) is 13.1. The van der Waals surface area contributed by atoms with E-state index in [-0.39, 0.29) is 5.97 Å². The molecule has 2 aromatic rings. The van der Waals surface area contributed by atoms with Gasteiger partial charge < -0.3 is 10.5 Å². The van der Waals surface area contributed by atoms with Crippen molar-refractivity contribution in [1.29, 1.82) is 0 Å². The van der Waals surface area contributed by atoms with E-state index >= 15 is 0 Å². The number of nitrogens with two attached hydrogens (primary N) is 1. The topological polar surface area (TPSA) is 78.6 Å². The highest BCUT2D eigenvalue weighted by Gasteiger charge is 2.23. The minimum absolute atomic E-state index is 0.365. The van der Waals surface area contributed by atoms with E-state index in [0.29, 0.717) is 17.2 Å². The van der Waals surface area contributed by atoms with E-state index in [1.54, 1.807) is 24.3 Å². The van der Waals surface area contributed by atoms with Crippen LogP contribution in [-0.2, 0) is 4.74 Å². The van der Waals surface area contributed by atoms with Gasteiger partial charge in [-0.2, -0.15) is 0 Å². The minimum atomic E-state index is -0.365. The highest BCUT2D eigenvalue weighted by Crippen LogP contribution is 2.16. The van der Waals surface area contributed by atoms with Gasteiger partial charge in [0.1, 0.15) is 5.69 Å². The van der Waals surface area contributed by atoms with Crippen LogP contribution in [0.1, 0.15) is 21.5 Å². The number of amidine groups is 2. The van der Waals surface area contributed by atoms with Gasteiger partial charge in [0.05, 0.1) is 23.8 Å². The Labute approximate surface area is 121 Å². The predicted molar refractivity (Wildman–Crippen MR) is 79.7 cm³/mol. The van der Waals surface area contributed by atoms with Gasteiger partial charge in [-0.25, -0.2) is 9.79 Å². The second-order valence-corrected chi connectivity index (χ2v) is 4.58. The van der Waals surface area contributed by atoms with Crippen LogP contribution in [0.3, 0.4) is 0 Å². The van der Waals surface area contributed by atoms with Gasteiger partial charge in [-0.05, 0) is 36.4 Å². The molecule has 104 valence electrons. The molecule has 5 nitrogen and oxygen atoms in total. The zero-order valence-corrected chi connectivity index (χ0v) is 11.5. The highest BCUT2D eigenvalue weighted by molar-refractivity contribution is 6.12. The molecule has 0 aliphatic carbocycles. The van der Waals surface area contributed by atoms with E-state index in [1.165, 1.54) is 7.11 Å². The Bertz CT molecular complexity index is 761. The maximum atomic E-state index is 11.4. The molecule has 1 aliphatic rings. The first-order valence-corrected chi connectivity index (χ1v) is 6.45. The Morgan fingerprint density at radius 1 is 1.10 bits per heavy atom. The number of fused-ring (bicyclic) bond motifs is 1. The number of aliphatic imine (C=N–C) groups is 1. The van der Waals surface area contributed by atoms with Crippen molar-refractivity contribution in [2.24, 2.45) is 10.7 Å². The molecule has 21 heavy (non-hydrogen) atoms. The normalized spacial score (nSPS) is 14.7. The van der Waals surface area contributed by atoms with E-state index in [0.717, 1.165) is 16.8 Å². The SMILES string of the molecule is COC(=O)c1ccc(N=C2[NH+]=C(N)c3ccccc32)cc1. The molecule has 0 spiro atoms. The molecule has 0 aromatic heterocycles. The first-order chi connectivity index (χ1) is 10.2. The number of methoxy groups -OCH3 is 1. The lowest BCUT2D eigenvalue weighted by molar-refractivity contribution is -0.311. The summed E-state index contributed by atoms with van der Waals surface area (Å²) in [4.78, 5) is 19.0. The van der Waals surface area contributed by atoms with Gasteiger partial charge in [-0.3, -0.25) is 0 Å². The molecule has 5 heteroatoms. The maximum Gasteiger partial charge on any atom is 0.337 e. The highest BCUT2D eigenvalue weighted by atomic mass is 16.5. The molecule has 2 aromatic carbocycles. The van der Waals surface area contributed by atoms with Crippen LogP contribution < -0.4 is 10.7 Å². The fraction of sp³-hybridized carbons (Fsp3) is 0.0625. The number of esters is 1. The van der Waals surface area contributed by atoms with Gasteiger partial charge in [-0.15, -0.1) is 4.99 Å². The predicted octanol–water partition coefficient (Wildman–Crippen LogP) is 0.351. The van der Waals surface area contributed by atoms with Crippen LogP contribution in [0.4, 0.5) is 5.69 Å². The number of hydrogen-bond acceptors (Lipinski definition) is 4. The molecule has 0 saturated carbocycles. The van der Waals surface area contributed by atoms with E-state index in [9.17, 15) is 4.79 Å². The van der Waals surface area contributed by atoms with E-state index < -0.39 is 0 Å². The lowest BCUT2D eigenvalue weighted by atomic mass is 10.1. The number of nitrogens with zero attached hydrogens (tertiary/aromatic N) is 1. The van der Waals surface area contributed by atoms with Crippen molar-refractivity contribution >= 4 is 23.3 Å². The molecule has 0 atom stereocenters. The van der Waals surface area contributed by atoms with Crippen LogP contribution in [0, 0.1) is 0 Å². The van der Waals surface area contributed by atoms with Gasteiger partial charge >= 0.3 is 5.97 Å². The van der Waals surface area contributed by atoms with Crippen molar-refractivity contribution < 1.29 is 14.5 Å². The van der Waals surface area contributed by atoms with E-state index in [2.05, 4.69) is 14.7 Å². The third kappa shape index (κ3) is 2.41. The number of carbonyl (C=O) groups is 1. The molecule has 0 amide bonds. The second-order valence-electron chi connectivity index (χ2n) is 4.58. The number of hydrogen-bond donors (Lipinski definition) is 2. The molecule has 0 bridgehead atoms. The summed E-state index contributed by atoms with van der Waals surface area (Å²) in [5, 5.41) is 0. The summed E-state index contributed by atoms with van der Waals surface area (Å²) >= 11 is 0. The van der Waals surface area contributed by atoms with Crippen molar-refractivity contribution in [3.05, 3.63) is 65.2 Å². The van der Waals surface area contributed by atoms with Crippen molar-refractivity contribution in [3.8, 4) is 0 Å². The fourth-order valence-corrected chi connectivity index (χ4v) is 2.19. The summed E-state index contributed by atoms with van der Waals surface area (Å²) in [6.45, 7) is 0. The molecule has 0 saturated heterocycles. The summed E-state index contributed by atoms with van der Waals surface area (Å²) in [5.74, 6) is 0.931. The number of carbonyl (C=O) groups excluding carboxylic acids is 1. The van der Waals surface area contributed by atoms with Gasteiger partial charge in [0.25, 0.3) is 5.84 Å². The molecule has 0 fully saturated rings. The molecule has 0 radical (unpaired) electrons. The molecule has 1 heterocycles. The Kier molecular flexibility index (Phi) is 3.23. The summed E-state index contributed by atoms with van der Waals surface area (Å²) in [6, 6.07) is 14.7. The van der Waals surface area contributed by atoms with Gasteiger partial charge in [0, 0.05) is 0 Å². The molecule has 3 rings (SSSR count). The summed E-state index contributed by atoms with van der Waals surface area (Å²) in [7, 11) is 1.36. The van der Waals surface area contributed by atoms with Crippen LogP contribution in [0.2, 0.25) is 0 Å². The van der Waals surface area contributed by atoms with Gasteiger partial charge in [0.15, 0.2) is 0 Å². The van der Waals surface area contributed by atoms with Crippen molar-refractivity contribution in [2.45, 2.75) is 0 Å². The van der Waals surface area contributed by atoms with E-state index in [4.69, 9.17) is 5.73 Å². The van der Waals surface area contributed by atoms with Crippen LogP contribution >= 0.6 is 0 Å². The Balaban J connectivity index is 1.95. The molecule has 1 aliphatic heterocycles. The van der Waals surface area contributed by atoms with Crippen molar-refractivity contribution in [2.75, 3.05) is 7.11 Å². The van der Waals surface area contributed by atoms with Gasteiger partial charge in [-0.1, -0.05) is 12.1 Å². The lowest BCUT2D eigenvalue weighted by Crippen LogP contribution is -2.76. The van der Waals surface area contributed by atoms with Crippen molar-refractivity contribution in [3.63, 3.8) is 0 Å². The Hall–Kier alpha value is -2.95. The van der Waals surface area contributed by atoms with Crippen LogP contribution in [0.25, 0.3) is 0 Å². The van der Waals surface area contributed by atoms with Crippen LogP contribution in [0.5, 0.6) is 0 Å². The smallest absolute Gasteiger partial charge is 0.337 e. The summed E-state index contributed by atoms with van der Waals surface area (Å²) < 4.78 is 4.66. The van der Waals surface area contributed by atoms with Crippen LogP contribution in [-0.4, -0.2) is 24.8 Å². The number of rotatable bonds is 2. The molecular weight excluding hydrogens is 266 g/mol. The second kappa shape index (κ2) is 5.20. The summed E-state index contributed by atoms with van der Waals surface area (Å²) in [6.07, 6.45) is 0. The zero-order valence-electron chi connectivity index (χ0n) is 11.5. The average molecular weight is 280 g/mol. The summed E-state index contributed by atoms with van der Waals surface area (Å²) in [5.41, 5.74) is 9.07. The largest absolute Gasteiger partial charge is 0.465 e. The van der Waals surface area contributed by atoms with Crippen molar-refractivity contribution in [1.82, 2.24) is 0 Å². The number of nitrogen functional groups attached to an aromatic ring is 1. The lowest BCUT2D eigenvalue weighted by Gasteiger charge is -1.98. The number of benzene rings is 2. The molecular formula is C16H14N3O2+. The van der Waals surface area contributed by atoms with E-state index in [1.807, 2.05) is 24.3 Å². The Morgan fingerprint density at radius 3 is 2.43 bits per heavy atom. The fourth-order valence-electron chi connectivity index (χ4n) is 2.19. The monoisotopic (exact) mass is 280 g/mol. The van der Waals surface area contributed by atoms with Gasteiger partial charge in [0.2, 0.25) is 5.84 Å². The standard InChI is InChI=1S/C16H13N3O2/c1-21-16(20)10-6-8-11(9-7-10)18-15-13-5-3-2-4-12(13)14(17)19-15/h2-9H,1H3,(H2,17,18,19)/p+1. The average Bonchev–Trinajstić information content (AvgIpc) is 2.84. The molecule has 3 N–H and O–H groups in total. The number of nitrogens with one attached hydrogen (secondary N) is 1. The molecule has 0 unspecified atom stereocenters. The Morgan fingerprint density at radius 2 is 1.76 bits per heavy atom. The number of ether oxygens (including phenoxy) is 1. The third-order valence-corrected chi connectivity index (χ3v) is 3.25.